The molecule has 3 nitrogen and oxygen atoms in total. The molecular weight excluding hydrogens is 164 g/mol. The molecule has 58 valence electrons. The topological polar surface area (TPSA) is 47.9 Å². The molecule has 1 aromatic heterocycles. The van der Waals surface area contributed by atoms with E-state index in [9.17, 15) is 0 Å². The van der Waals surface area contributed by atoms with E-state index in [1.165, 1.54) is 6.07 Å². The van der Waals surface area contributed by atoms with Crippen molar-refractivity contribution in [2.24, 2.45) is 7.05 Å². The molecule has 0 aliphatic carbocycles. The second kappa shape index (κ2) is 3.79. The molecule has 1 rings (SSSR count). The van der Waals surface area contributed by atoms with Gasteiger partial charge in [-0.25, -0.2) is 0 Å². The number of halogens is 1. The summed E-state index contributed by atoms with van der Waals surface area (Å²) in [6.45, 7) is 0. The summed E-state index contributed by atoms with van der Waals surface area (Å²) in [7, 11) is 1.71. The standard InChI is InChI=1S/C7H6N2O.ClH/c1-9-4-2-3-7(10)6(9)5-8;/h2-4H,1H3;1H. The first-order chi connectivity index (χ1) is 4.75. The summed E-state index contributed by atoms with van der Waals surface area (Å²) in [5.41, 5.74) is 0.280. The lowest BCUT2D eigenvalue weighted by Gasteiger charge is -1.90. The van der Waals surface area contributed by atoms with E-state index in [0.717, 1.165) is 0 Å². The van der Waals surface area contributed by atoms with Crippen LogP contribution in [0.15, 0.2) is 18.3 Å². The second-order valence-corrected chi connectivity index (χ2v) is 1.96. The maximum absolute atomic E-state index is 9.05. The molecule has 11 heavy (non-hydrogen) atoms. The smallest absolute Gasteiger partial charge is 0.325 e. The summed E-state index contributed by atoms with van der Waals surface area (Å²) in [6.07, 6.45) is 1.71. The van der Waals surface area contributed by atoms with Crippen molar-refractivity contribution < 1.29 is 22.1 Å². The number of nitriles is 1. The number of aromatic nitrogens is 1. The van der Waals surface area contributed by atoms with Crippen LogP contribution in [0.5, 0.6) is 5.75 Å². The maximum Gasteiger partial charge on any atom is 0.325 e. The minimum absolute atomic E-state index is 0. The van der Waals surface area contributed by atoms with Crippen LogP contribution >= 0.6 is 0 Å². The summed E-state index contributed by atoms with van der Waals surface area (Å²) in [5, 5.41) is 17.5. The van der Waals surface area contributed by atoms with Gasteiger partial charge in [-0.05, 0) is 6.07 Å². The first kappa shape index (κ1) is 9.73. The normalized spacial score (nSPS) is 8.00. The molecule has 1 aromatic rings. The van der Waals surface area contributed by atoms with Gasteiger partial charge in [0.2, 0.25) is 0 Å². The van der Waals surface area contributed by atoms with E-state index in [2.05, 4.69) is 0 Å². The number of hydrogen-bond acceptors (Lipinski definition) is 2. The molecule has 0 aromatic carbocycles. The van der Waals surface area contributed by atoms with Gasteiger partial charge in [0.05, 0.1) is 0 Å². The molecule has 0 amide bonds. The van der Waals surface area contributed by atoms with Crippen LogP contribution in [0.3, 0.4) is 0 Å². The highest BCUT2D eigenvalue weighted by Gasteiger charge is 2.09. The van der Waals surface area contributed by atoms with Gasteiger partial charge in [-0.3, -0.25) is 0 Å². The summed E-state index contributed by atoms with van der Waals surface area (Å²) >= 11 is 0. The molecule has 0 unspecified atom stereocenters. The highest BCUT2D eigenvalue weighted by atomic mass is 35.5. The number of hydrogen-bond donors (Lipinski definition) is 1. The number of nitrogens with zero attached hydrogens (tertiary/aromatic N) is 2. The van der Waals surface area contributed by atoms with Crippen LogP contribution in [0.1, 0.15) is 5.69 Å². The van der Waals surface area contributed by atoms with Crippen molar-refractivity contribution in [2.75, 3.05) is 0 Å². The van der Waals surface area contributed by atoms with E-state index in [-0.39, 0.29) is 23.9 Å². The second-order valence-electron chi connectivity index (χ2n) is 1.96. The van der Waals surface area contributed by atoms with Gasteiger partial charge >= 0.3 is 5.69 Å². The Bertz CT molecular complexity index is 273. The molecule has 0 aliphatic rings. The molecule has 0 bridgehead atoms. The summed E-state index contributed by atoms with van der Waals surface area (Å²) < 4.78 is 1.56. The van der Waals surface area contributed by atoms with Gasteiger partial charge in [-0.1, -0.05) is 0 Å². The fourth-order valence-corrected chi connectivity index (χ4v) is 0.734. The first-order valence-electron chi connectivity index (χ1n) is 2.83. The zero-order valence-corrected chi connectivity index (χ0v) is 6.71. The third-order valence-corrected chi connectivity index (χ3v) is 1.26. The Morgan fingerprint density at radius 2 is 2.27 bits per heavy atom. The van der Waals surface area contributed by atoms with E-state index in [1.807, 2.05) is 6.07 Å². The Balaban J connectivity index is 0.000001000. The van der Waals surface area contributed by atoms with E-state index in [4.69, 9.17) is 10.4 Å². The summed E-state index contributed by atoms with van der Waals surface area (Å²) in [6, 6.07) is 5.04. The van der Waals surface area contributed by atoms with Gasteiger partial charge in [0.1, 0.15) is 7.05 Å². The number of aromatic hydroxyl groups is 1. The zero-order chi connectivity index (χ0) is 7.56. The van der Waals surface area contributed by atoms with Crippen molar-refractivity contribution in [3.8, 4) is 11.8 Å². The molecule has 4 heteroatoms. The van der Waals surface area contributed by atoms with Crippen molar-refractivity contribution in [1.82, 2.24) is 0 Å². The van der Waals surface area contributed by atoms with Crippen LogP contribution in [0, 0.1) is 11.3 Å². The van der Waals surface area contributed by atoms with Gasteiger partial charge in [0.25, 0.3) is 0 Å². The van der Waals surface area contributed by atoms with E-state index < -0.39 is 0 Å². The predicted molar refractivity (Wildman–Crippen MR) is 34.0 cm³/mol. The highest BCUT2D eigenvalue weighted by molar-refractivity contribution is 5.30. The third kappa shape index (κ3) is 1.82. The van der Waals surface area contributed by atoms with Gasteiger partial charge < -0.3 is 17.5 Å². The predicted octanol–water partition coefficient (Wildman–Crippen LogP) is -2.91. The molecule has 0 saturated carbocycles. The van der Waals surface area contributed by atoms with Gasteiger partial charge in [-0.15, -0.1) is 0 Å². The lowest BCUT2D eigenvalue weighted by atomic mass is 10.3. The summed E-state index contributed by atoms with van der Waals surface area (Å²) in [4.78, 5) is 0. The minimum atomic E-state index is 0. The SMILES string of the molecule is C[n+]1cccc(O)c1C#N.[Cl-]. The van der Waals surface area contributed by atoms with E-state index >= 15 is 0 Å². The molecule has 0 radical (unpaired) electrons. The molecule has 0 aliphatic heterocycles. The molecular formula is C7H7ClN2O. The molecule has 0 spiro atoms. The zero-order valence-electron chi connectivity index (χ0n) is 5.95. The average Bonchev–Trinajstić information content (AvgIpc) is 1.88. The Morgan fingerprint density at radius 1 is 1.64 bits per heavy atom. The lowest BCUT2D eigenvalue weighted by Crippen LogP contribution is -3.00. The van der Waals surface area contributed by atoms with Crippen LogP contribution in [0.2, 0.25) is 0 Å². The number of aryl methyl sites for hydroxylation is 1. The van der Waals surface area contributed by atoms with Crippen molar-refractivity contribution >= 4 is 0 Å². The quantitative estimate of drug-likeness (QED) is 0.425. The van der Waals surface area contributed by atoms with E-state index in [1.54, 1.807) is 23.9 Å². The van der Waals surface area contributed by atoms with Crippen molar-refractivity contribution in [2.45, 2.75) is 0 Å². The van der Waals surface area contributed by atoms with Crippen molar-refractivity contribution in [3.63, 3.8) is 0 Å². The van der Waals surface area contributed by atoms with Gasteiger partial charge in [0.15, 0.2) is 18.0 Å². The van der Waals surface area contributed by atoms with E-state index in [0.29, 0.717) is 0 Å². The maximum atomic E-state index is 9.05. The van der Waals surface area contributed by atoms with Crippen LogP contribution in [0.4, 0.5) is 0 Å². The lowest BCUT2D eigenvalue weighted by molar-refractivity contribution is -0.674. The Hall–Kier alpha value is -1.27. The Morgan fingerprint density at radius 3 is 2.64 bits per heavy atom. The molecule has 1 N–H and O–H groups in total. The highest BCUT2D eigenvalue weighted by Crippen LogP contribution is 2.07. The molecule has 0 fully saturated rings. The van der Waals surface area contributed by atoms with Crippen LogP contribution in [0.25, 0.3) is 0 Å². The van der Waals surface area contributed by atoms with Crippen molar-refractivity contribution in [1.29, 1.82) is 5.26 Å². The number of pyridine rings is 1. The third-order valence-electron chi connectivity index (χ3n) is 1.26. The van der Waals surface area contributed by atoms with Crippen LogP contribution < -0.4 is 17.0 Å². The van der Waals surface area contributed by atoms with Crippen molar-refractivity contribution in [3.05, 3.63) is 24.0 Å². The Labute approximate surface area is 70.9 Å². The average molecular weight is 171 g/mol. The van der Waals surface area contributed by atoms with Crippen LogP contribution in [-0.4, -0.2) is 5.11 Å². The van der Waals surface area contributed by atoms with Gasteiger partial charge in [0, 0.05) is 6.07 Å². The largest absolute Gasteiger partial charge is 1.00 e. The monoisotopic (exact) mass is 170 g/mol. The molecule has 1 heterocycles. The fraction of sp³-hybridized carbons (Fsp3) is 0.143. The molecule has 0 saturated heterocycles. The molecule has 0 atom stereocenters. The number of rotatable bonds is 0. The fourth-order valence-electron chi connectivity index (χ4n) is 0.734. The Kier molecular flexibility index (Phi) is 3.35. The summed E-state index contributed by atoms with van der Waals surface area (Å²) in [5.74, 6) is 0.0208. The first-order valence-corrected chi connectivity index (χ1v) is 2.83. The van der Waals surface area contributed by atoms with Gasteiger partial charge in [-0.2, -0.15) is 9.83 Å². The van der Waals surface area contributed by atoms with Crippen LogP contribution in [-0.2, 0) is 7.05 Å². The minimum Gasteiger partial charge on any atom is -1.00 e.